The van der Waals surface area contributed by atoms with Gasteiger partial charge in [0, 0.05) is 78.5 Å². The number of hydrogen-bond donors (Lipinski definition) is 0. The standard InChI is InChI=1S/C92H56N6O2/c1-5-23-57(24-6-1)80-54-82(97-89(95-80)59-27-9-3-10-28-59)64-44-49-78(93-56-64)61-41-46-75-85(51-61)100-86-52-62(42-47-76(86)92(75)72-37-19-15-33-67(72)68-34-16-20-38-73(68)92)79-50-45-69(83-55-81(58-25-7-2-8-26-58)96-90(98-83)60-29-11-4-12-30-60)88(94-79)63-43-48-77-87(53-63)99-84-40-22-21-39-74(84)91(77)70-35-17-13-31-65(70)66-32-14-18-36-71(66)91/h1-56H. The second kappa shape index (κ2) is 22.7. The van der Waals surface area contributed by atoms with Gasteiger partial charge in [0.1, 0.15) is 23.0 Å². The fourth-order valence-electron chi connectivity index (χ4n) is 16.1. The molecule has 6 heterocycles. The Morgan fingerprint density at radius 1 is 0.200 bits per heavy atom. The van der Waals surface area contributed by atoms with Crippen LogP contribution in [0.25, 0.3) is 124 Å². The number of pyridine rings is 2. The first-order valence-electron chi connectivity index (χ1n) is 33.8. The van der Waals surface area contributed by atoms with Crippen molar-refractivity contribution in [2.45, 2.75) is 10.8 Å². The van der Waals surface area contributed by atoms with E-state index in [9.17, 15) is 0 Å². The van der Waals surface area contributed by atoms with E-state index in [1.807, 2.05) is 97.2 Å². The normalized spacial score (nSPS) is 13.3. The number of fused-ring (bicyclic) bond motifs is 18. The highest BCUT2D eigenvalue weighted by Crippen LogP contribution is 2.64. The molecule has 0 N–H and O–H groups in total. The molecule has 8 nitrogen and oxygen atoms in total. The smallest absolute Gasteiger partial charge is 0.160 e. The van der Waals surface area contributed by atoms with Gasteiger partial charge in [-0.1, -0.05) is 273 Å². The van der Waals surface area contributed by atoms with Gasteiger partial charge in [0.25, 0.3) is 0 Å². The van der Waals surface area contributed by atoms with Gasteiger partial charge in [-0.2, -0.15) is 0 Å². The highest BCUT2D eigenvalue weighted by atomic mass is 16.5. The summed E-state index contributed by atoms with van der Waals surface area (Å²) >= 11 is 0. The number of rotatable bonds is 9. The van der Waals surface area contributed by atoms with E-state index < -0.39 is 10.8 Å². The average Bonchev–Trinajstić information content (AvgIpc) is 1.49. The van der Waals surface area contributed by atoms with Crippen LogP contribution in [0.15, 0.2) is 340 Å². The summed E-state index contributed by atoms with van der Waals surface area (Å²) in [6.45, 7) is 0. The molecule has 0 bridgehead atoms. The summed E-state index contributed by atoms with van der Waals surface area (Å²) in [7, 11) is 0. The zero-order valence-electron chi connectivity index (χ0n) is 53.8. The molecule has 4 aromatic heterocycles. The molecule has 20 rings (SSSR count). The molecule has 4 aliphatic rings. The first-order valence-corrected chi connectivity index (χ1v) is 33.8. The highest BCUT2D eigenvalue weighted by Gasteiger charge is 2.53. The van der Waals surface area contributed by atoms with Crippen molar-refractivity contribution >= 4 is 0 Å². The molecule has 2 aliphatic carbocycles. The third kappa shape index (κ3) is 8.80. The maximum absolute atomic E-state index is 7.42. The Kier molecular flexibility index (Phi) is 12.9. The molecule has 100 heavy (non-hydrogen) atoms. The fraction of sp³-hybridized carbons (Fsp3) is 0.0217. The molecular weight excluding hydrogens is 1220 g/mol. The lowest BCUT2D eigenvalue weighted by molar-refractivity contribution is 0.436. The molecule has 2 aliphatic heterocycles. The Balaban J connectivity index is 0.749. The van der Waals surface area contributed by atoms with E-state index in [4.69, 9.17) is 39.4 Å². The Morgan fingerprint density at radius 2 is 0.550 bits per heavy atom. The lowest BCUT2D eigenvalue weighted by atomic mass is 9.66. The Hall–Kier alpha value is -13.3. The highest BCUT2D eigenvalue weighted by molar-refractivity contribution is 5.93. The summed E-state index contributed by atoms with van der Waals surface area (Å²) in [5.74, 6) is 4.31. The van der Waals surface area contributed by atoms with Crippen LogP contribution in [-0.4, -0.2) is 29.9 Å². The Labute approximate surface area is 578 Å². The maximum Gasteiger partial charge on any atom is 0.160 e. The van der Waals surface area contributed by atoms with E-state index in [-0.39, 0.29) is 0 Å². The molecule has 8 heteroatoms. The van der Waals surface area contributed by atoms with E-state index in [0.717, 1.165) is 135 Å². The molecule has 0 saturated carbocycles. The first kappa shape index (κ1) is 57.0. The Bertz CT molecular complexity index is 5770. The predicted octanol–water partition coefficient (Wildman–Crippen LogP) is 22.0. The summed E-state index contributed by atoms with van der Waals surface area (Å²) in [6, 6.07) is 117. The summed E-state index contributed by atoms with van der Waals surface area (Å²) in [4.78, 5) is 31.8. The van der Waals surface area contributed by atoms with E-state index in [0.29, 0.717) is 11.6 Å². The summed E-state index contributed by atoms with van der Waals surface area (Å²) in [5.41, 5.74) is 26.2. The van der Waals surface area contributed by atoms with Crippen molar-refractivity contribution in [3.8, 4) is 147 Å². The van der Waals surface area contributed by atoms with Crippen molar-refractivity contribution < 1.29 is 9.47 Å². The molecule has 0 radical (unpaired) electrons. The van der Waals surface area contributed by atoms with Crippen LogP contribution in [0.3, 0.4) is 0 Å². The molecule has 0 amide bonds. The summed E-state index contributed by atoms with van der Waals surface area (Å²) < 4.78 is 14.6. The third-order valence-electron chi connectivity index (χ3n) is 20.5. The van der Waals surface area contributed by atoms with Gasteiger partial charge >= 0.3 is 0 Å². The van der Waals surface area contributed by atoms with Gasteiger partial charge in [0.15, 0.2) is 11.6 Å². The molecule has 466 valence electrons. The minimum Gasteiger partial charge on any atom is -0.457 e. The average molecular weight is 1280 g/mol. The van der Waals surface area contributed by atoms with Gasteiger partial charge in [0.2, 0.25) is 0 Å². The minimum atomic E-state index is -0.730. The van der Waals surface area contributed by atoms with Gasteiger partial charge in [-0.15, -0.1) is 0 Å². The van der Waals surface area contributed by atoms with Crippen molar-refractivity contribution in [2.75, 3.05) is 0 Å². The van der Waals surface area contributed by atoms with Gasteiger partial charge in [-0.05, 0) is 105 Å². The molecule has 2 spiro atoms. The van der Waals surface area contributed by atoms with E-state index in [1.165, 1.54) is 44.5 Å². The van der Waals surface area contributed by atoms with Crippen LogP contribution in [0.5, 0.6) is 23.0 Å². The lowest BCUT2D eigenvalue weighted by Crippen LogP contribution is -2.32. The van der Waals surface area contributed by atoms with Crippen molar-refractivity contribution in [1.82, 2.24) is 29.9 Å². The number of hydrogen-bond acceptors (Lipinski definition) is 8. The minimum absolute atomic E-state index is 0.613. The topological polar surface area (TPSA) is 95.8 Å². The predicted molar refractivity (Wildman–Crippen MR) is 397 cm³/mol. The number of benzene rings is 12. The van der Waals surface area contributed by atoms with Crippen LogP contribution in [0.4, 0.5) is 0 Å². The number of nitrogens with zero attached hydrogens (tertiary/aromatic N) is 6. The van der Waals surface area contributed by atoms with Gasteiger partial charge in [0.05, 0.1) is 50.7 Å². The van der Waals surface area contributed by atoms with Crippen molar-refractivity contribution in [3.05, 3.63) is 384 Å². The maximum atomic E-state index is 7.42. The summed E-state index contributed by atoms with van der Waals surface area (Å²) in [6.07, 6.45) is 1.91. The molecule has 0 fully saturated rings. The number of ether oxygens (including phenoxy) is 2. The molecule has 12 aromatic carbocycles. The lowest BCUT2D eigenvalue weighted by Gasteiger charge is -2.39. The van der Waals surface area contributed by atoms with Crippen LogP contribution < -0.4 is 9.47 Å². The largest absolute Gasteiger partial charge is 0.457 e. The van der Waals surface area contributed by atoms with E-state index >= 15 is 0 Å². The summed E-state index contributed by atoms with van der Waals surface area (Å²) in [5, 5.41) is 0. The zero-order chi connectivity index (χ0) is 65.9. The molecule has 16 aromatic rings. The molecule has 0 atom stereocenters. The van der Waals surface area contributed by atoms with Crippen molar-refractivity contribution in [3.63, 3.8) is 0 Å². The third-order valence-corrected chi connectivity index (χ3v) is 20.5. The Morgan fingerprint density at radius 3 is 1.03 bits per heavy atom. The molecular formula is C92H56N6O2. The van der Waals surface area contributed by atoms with Gasteiger partial charge < -0.3 is 9.47 Å². The van der Waals surface area contributed by atoms with Gasteiger partial charge in [-0.3, -0.25) is 4.98 Å². The molecule has 0 unspecified atom stereocenters. The van der Waals surface area contributed by atoms with Crippen LogP contribution >= 0.6 is 0 Å². The quantitative estimate of drug-likeness (QED) is 0.141. The van der Waals surface area contributed by atoms with Crippen LogP contribution in [0, 0.1) is 0 Å². The van der Waals surface area contributed by atoms with Gasteiger partial charge in [-0.25, -0.2) is 24.9 Å². The first-order chi connectivity index (χ1) is 49.5. The monoisotopic (exact) mass is 1280 g/mol. The van der Waals surface area contributed by atoms with E-state index in [1.54, 1.807) is 0 Å². The van der Waals surface area contributed by atoms with E-state index in [2.05, 4.69) is 243 Å². The van der Waals surface area contributed by atoms with Crippen LogP contribution in [0.1, 0.15) is 44.5 Å². The SMILES string of the molecule is c1ccc(-c2cc(-c3ccc(-c4ccc5c(c4)Oc4cc(-c6ccc(-c7cc(-c8ccccc8)nc(-c8ccccc8)n7)c(-c7ccc8c(c7)Oc7ccccc7C87c8ccccc8-c8ccccc87)n6)ccc4C54c5ccccc5-c5ccccc54)nc3)nc(-c3ccccc3)n2)cc1. The second-order valence-electron chi connectivity index (χ2n) is 25.9. The zero-order valence-corrected chi connectivity index (χ0v) is 53.8. The van der Waals surface area contributed by atoms with Crippen LogP contribution in [-0.2, 0) is 10.8 Å². The van der Waals surface area contributed by atoms with Crippen LogP contribution in [0.2, 0.25) is 0 Å². The number of aromatic nitrogens is 6. The number of para-hydroxylation sites is 1. The van der Waals surface area contributed by atoms with Crippen molar-refractivity contribution in [1.29, 1.82) is 0 Å². The fourth-order valence-corrected chi connectivity index (χ4v) is 16.1. The molecule has 0 saturated heterocycles. The second-order valence-corrected chi connectivity index (χ2v) is 25.9. The van der Waals surface area contributed by atoms with Crippen molar-refractivity contribution in [2.24, 2.45) is 0 Å².